The predicted molar refractivity (Wildman–Crippen MR) is 117 cm³/mol. The molecule has 158 valence electrons. The van der Waals surface area contributed by atoms with Gasteiger partial charge < -0.3 is 14.3 Å². The van der Waals surface area contributed by atoms with E-state index in [0.717, 1.165) is 18.5 Å². The molecule has 0 bridgehead atoms. The van der Waals surface area contributed by atoms with Crippen LogP contribution in [0.15, 0.2) is 77.7 Å². The maximum atomic E-state index is 12.0. The van der Waals surface area contributed by atoms with Crippen LogP contribution in [0.4, 0.5) is 0 Å². The fourth-order valence-corrected chi connectivity index (χ4v) is 3.30. The molecule has 0 radical (unpaired) electrons. The Morgan fingerprint density at radius 3 is 2.52 bits per heavy atom. The number of hydrogen-bond donors (Lipinski definition) is 1. The second-order valence-electron chi connectivity index (χ2n) is 7.33. The van der Waals surface area contributed by atoms with Crippen molar-refractivity contribution in [2.75, 3.05) is 6.54 Å². The first-order valence-corrected chi connectivity index (χ1v) is 10.4. The lowest BCUT2D eigenvalue weighted by Gasteiger charge is -2.04. The van der Waals surface area contributed by atoms with Crippen LogP contribution in [-0.4, -0.2) is 32.2 Å². The second kappa shape index (κ2) is 10.3. The summed E-state index contributed by atoms with van der Waals surface area (Å²) in [5.41, 5.74) is 3.46. The third-order valence-corrected chi connectivity index (χ3v) is 4.97. The van der Waals surface area contributed by atoms with Crippen molar-refractivity contribution < 1.29 is 9.21 Å². The minimum atomic E-state index is -0.0121. The van der Waals surface area contributed by atoms with Crippen LogP contribution in [0.1, 0.15) is 30.2 Å². The van der Waals surface area contributed by atoms with Gasteiger partial charge in [-0.2, -0.15) is 0 Å². The van der Waals surface area contributed by atoms with Gasteiger partial charge in [-0.1, -0.05) is 54.6 Å². The van der Waals surface area contributed by atoms with Gasteiger partial charge in [0.25, 0.3) is 0 Å². The number of amides is 1. The lowest BCUT2D eigenvalue weighted by Crippen LogP contribution is -2.25. The van der Waals surface area contributed by atoms with Gasteiger partial charge in [0.1, 0.15) is 0 Å². The molecule has 7 heteroatoms. The third-order valence-electron chi connectivity index (χ3n) is 4.97. The van der Waals surface area contributed by atoms with Crippen molar-refractivity contribution in [1.29, 1.82) is 0 Å². The normalized spacial score (nSPS) is 10.8. The minimum Gasteiger partial charge on any atom is -0.425 e. The molecule has 0 saturated carbocycles. The molecular formula is C24H25N5O2. The van der Waals surface area contributed by atoms with E-state index < -0.39 is 0 Å². The first-order valence-electron chi connectivity index (χ1n) is 10.4. The van der Waals surface area contributed by atoms with Gasteiger partial charge in [0.05, 0.1) is 12.7 Å². The number of benzene rings is 2. The molecular weight excluding hydrogens is 390 g/mol. The number of aromatic nitrogens is 4. The monoisotopic (exact) mass is 415 g/mol. The van der Waals surface area contributed by atoms with E-state index in [1.165, 1.54) is 11.1 Å². The summed E-state index contributed by atoms with van der Waals surface area (Å²) in [6, 6.07) is 18.6. The number of nitrogens with one attached hydrogen (secondary N) is 1. The lowest BCUT2D eigenvalue weighted by molar-refractivity contribution is -0.121. The molecule has 0 saturated heterocycles. The van der Waals surface area contributed by atoms with Crippen LogP contribution in [0, 0.1) is 0 Å². The molecule has 2 aromatic carbocycles. The number of carbonyl (C=O) groups excluding carboxylic acids is 1. The molecule has 0 aliphatic carbocycles. The smallest absolute Gasteiger partial charge is 0.220 e. The Morgan fingerprint density at radius 1 is 0.968 bits per heavy atom. The van der Waals surface area contributed by atoms with Crippen molar-refractivity contribution >= 4 is 5.91 Å². The highest BCUT2D eigenvalue weighted by molar-refractivity contribution is 5.75. The van der Waals surface area contributed by atoms with Gasteiger partial charge in [-0.05, 0) is 23.1 Å². The predicted octanol–water partition coefficient (Wildman–Crippen LogP) is 3.66. The standard InChI is InChI=1S/C24H25N5O2/c30-22(26-13-4-15-29-16-14-25-18-29)11-12-23-27-28-24(31-23)17-19-7-9-21(10-8-19)20-5-2-1-3-6-20/h1-3,5-10,14,16,18H,4,11-13,15,17H2,(H,26,30). The summed E-state index contributed by atoms with van der Waals surface area (Å²) in [6.07, 6.45) is 7.63. The molecule has 0 fully saturated rings. The number of imidazole rings is 1. The van der Waals surface area contributed by atoms with Gasteiger partial charge in [-0.3, -0.25) is 4.79 Å². The molecule has 1 N–H and O–H groups in total. The minimum absolute atomic E-state index is 0.0121. The summed E-state index contributed by atoms with van der Waals surface area (Å²) in [5, 5.41) is 11.1. The maximum absolute atomic E-state index is 12.0. The lowest BCUT2D eigenvalue weighted by atomic mass is 10.0. The molecule has 0 aliphatic rings. The van der Waals surface area contributed by atoms with E-state index in [0.29, 0.717) is 37.6 Å². The Kier molecular flexibility index (Phi) is 6.85. The van der Waals surface area contributed by atoms with Gasteiger partial charge in [0.2, 0.25) is 17.7 Å². The molecule has 4 rings (SSSR count). The van der Waals surface area contributed by atoms with E-state index in [-0.39, 0.29) is 5.91 Å². The van der Waals surface area contributed by atoms with Crippen molar-refractivity contribution in [3.8, 4) is 11.1 Å². The Bertz CT molecular complexity index is 1070. The van der Waals surface area contributed by atoms with Crippen molar-refractivity contribution in [1.82, 2.24) is 25.1 Å². The van der Waals surface area contributed by atoms with E-state index in [2.05, 4.69) is 56.9 Å². The molecule has 0 atom stereocenters. The van der Waals surface area contributed by atoms with Crippen LogP contribution in [-0.2, 0) is 24.2 Å². The van der Waals surface area contributed by atoms with E-state index in [1.54, 1.807) is 12.5 Å². The zero-order valence-electron chi connectivity index (χ0n) is 17.3. The maximum Gasteiger partial charge on any atom is 0.220 e. The van der Waals surface area contributed by atoms with E-state index >= 15 is 0 Å². The molecule has 4 aromatic rings. The molecule has 2 aromatic heterocycles. The average Bonchev–Trinajstić information content (AvgIpc) is 3.49. The zero-order valence-corrected chi connectivity index (χ0v) is 17.3. The van der Waals surface area contributed by atoms with E-state index in [9.17, 15) is 4.79 Å². The summed E-state index contributed by atoms with van der Waals surface area (Å²) >= 11 is 0. The first kappa shape index (κ1) is 20.5. The van der Waals surface area contributed by atoms with E-state index in [1.807, 2.05) is 29.0 Å². The number of aryl methyl sites for hydroxylation is 2. The fraction of sp³-hybridized carbons (Fsp3) is 0.250. The van der Waals surface area contributed by atoms with Crippen LogP contribution >= 0.6 is 0 Å². The quantitative estimate of drug-likeness (QED) is 0.400. The molecule has 1 amide bonds. The van der Waals surface area contributed by atoms with Crippen LogP contribution in [0.25, 0.3) is 11.1 Å². The van der Waals surface area contributed by atoms with Crippen molar-refractivity contribution in [3.63, 3.8) is 0 Å². The number of carbonyl (C=O) groups is 1. The summed E-state index contributed by atoms with van der Waals surface area (Å²) in [5.74, 6) is 1.04. The van der Waals surface area contributed by atoms with E-state index in [4.69, 9.17) is 4.42 Å². The third kappa shape index (κ3) is 6.12. The number of hydrogen-bond acceptors (Lipinski definition) is 5. The Labute approximate surface area is 181 Å². The molecule has 0 aliphatic heterocycles. The van der Waals surface area contributed by atoms with Gasteiger partial charge >= 0.3 is 0 Å². The fourth-order valence-electron chi connectivity index (χ4n) is 3.30. The van der Waals surface area contributed by atoms with Gasteiger partial charge in [-0.15, -0.1) is 10.2 Å². The molecule has 0 unspecified atom stereocenters. The topological polar surface area (TPSA) is 85.8 Å². The largest absolute Gasteiger partial charge is 0.425 e. The molecule has 7 nitrogen and oxygen atoms in total. The molecule has 31 heavy (non-hydrogen) atoms. The first-order chi connectivity index (χ1) is 15.3. The van der Waals surface area contributed by atoms with Gasteiger partial charge in [-0.25, -0.2) is 4.98 Å². The summed E-state index contributed by atoms with van der Waals surface area (Å²) in [7, 11) is 0. The summed E-state index contributed by atoms with van der Waals surface area (Å²) in [4.78, 5) is 16.0. The highest BCUT2D eigenvalue weighted by Crippen LogP contribution is 2.20. The van der Waals surface area contributed by atoms with Crippen LogP contribution in [0.2, 0.25) is 0 Å². The summed E-state index contributed by atoms with van der Waals surface area (Å²) < 4.78 is 7.70. The van der Waals surface area contributed by atoms with Crippen molar-refractivity contribution in [2.45, 2.75) is 32.2 Å². The summed E-state index contributed by atoms with van der Waals surface area (Å²) in [6.45, 7) is 1.46. The highest BCUT2D eigenvalue weighted by Gasteiger charge is 2.10. The van der Waals surface area contributed by atoms with Crippen LogP contribution in [0.3, 0.4) is 0 Å². The van der Waals surface area contributed by atoms with Gasteiger partial charge in [0, 0.05) is 38.3 Å². The van der Waals surface area contributed by atoms with Gasteiger partial charge in [0.15, 0.2) is 0 Å². The Hall–Kier alpha value is -3.74. The van der Waals surface area contributed by atoms with Crippen molar-refractivity contribution in [2.24, 2.45) is 0 Å². The number of nitrogens with zero attached hydrogens (tertiary/aromatic N) is 4. The Balaban J connectivity index is 1.20. The second-order valence-corrected chi connectivity index (χ2v) is 7.33. The average molecular weight is 415 g/mol. The highest BCUT2D eigenvalue weighted by atomic mass is 16.4. The molecule has 2 heterocycles. The van der Waals surface area contributed by atoms with Crippen LogP contribution < -0.4 is 5.32 Å². The Morgan fingerprint density at radius 2 is 1.74 bits per heavy atom. The van der Waals surface area contributed by atoms with Crippen molar-refractivity contribution in [3.05, 3.63) is 90.7 Å². The zero-order chi connectivity index (χ0) is 21.3. The SMILES string of the molecule is O=C(CCc1nnc(Cc2ccc(-c3ccccc3)cc2)o1)NCCCn1ccnc1. The van der Waals surface area contributed by atoms with Crippen LogP contribution in [0.5, 0.6) is 0 Å². The number of rotatable bonds is 10. The molecule has 0 spiro atoms.